The van der Waals surface area contributed by atoms with Crippen LogP contribution in [0.25, 0.3) is 0 Å². The Balaban J connectivity index is 1.55. The van der Waals surface area contributed by atoms with Crippen LogP contribution < -0.4 is 10.1 Å². The lowest BCUT2D eigenvalue weighted by Crippen LogP contribution is -2.43. The second kappa shape index (κ2) is 10.6. The summed E-state index contributed by atoms with van der Waals surface area (Å²) in [6.45, 7) is 5.90. The summed E-state index contributed by atoms with van der Waals surface area (Å²) in [5.74, 6) is 0.790. The molecule has 6 nitrogen and oxygen atoms in total. The highest BCUT2D eigenvalue weighted by Crippen LogP contribution is 2.21. The number of amides is 1. The number of hydrogen-bond acceptors (Lipinski definition) is 5. The van der Waals surface area contributed by atoms with Crippen molar-refractivity contribution in [3.63, 3.8) is 0 Å². The van der Waals surface area contributed by atoms with Gasteiger partial charge >= 0.3 is 0 Å². The van der Waals surface area contributed by atoms with Crippen molar-refractivity contribution in [2.45, 2.75) is 12.6 Å². The molecule has 6 heteroatoms. The van der Waals surface area contributed by atoms with Gasteiger partial charge in [0.1, 0.15) is 5.75 Å². The van der Waals surface area contributed by atoms with Crippen molar-refractivity contribution in [1.82, 2.24) is 20.0 Å². The first-order chi connectivity index (χ1) is 14.5. The quantitative estimate of drug-likeness (QED) is 0.725. The number of nitrogens with one attached hydrogen (secondary N) is 1. The number of piperazine rings is 1. The fourth-order valence-electron chi connectivity index (χ4n) is 3.74. The van der Waals surface area contributed by atoms with Crippen LogP contribution in [-0.4, -0.2) is 81.6 Å². The smallest absolute Gasteiger partial charge is 0.251 e. The average Bonchev–Trinajstić information content (AvgIpc) is 2.76. The van der Waals surface area contributed by atoms with Gasteiger partial charge in [-0.1, -0.05) is 24.3 Å². The molecule has 0 aromatic heterocycles. The zero-order valence-corrected chi connectivity index (χ0v) is 18.6. The van der Waals surface area contributed by atoms with Crippen molar-refractivity contribution in [2.24, 2.45) is 0 Å². The fraction of sp³-hybridized carbons (Fsp3) is 0.458. The lowest BCUT2D eigenvalue weighted by Gasteiger charge is -2.32. The number of ether oxygens (including phenoxy) is 1. The van der Waals surface area contributed by atoms with Crippen LogP contribution in [0.3, 0.4) is 0 Å². The molecule has 0 aliphatic carbocycles. The monoisotopic (exact) mass is 410 g/mol. The van der Waals surface area contributed by atoms with E-state index in [9.17, 15) is 4.79 Å². The maximum absolute atomic E-state index is 12.7. The van der Waals surface area contributed by atoms with Gasteiger partial charge < -0.3 is 19.9 Å². The van der Waals surface area contributed by atoms with Crippen LogP contribution in [0.15, 0.2) is 48.5 Å². The summed E-state index contributed by atoms with van der Waals surface area (Å²) in [6, 6.07) is 16.1. The predicted octanol–water partition coefficient (Wildman–Crippen LogP) is 2.48. The van der Waals surface area contributed by atoms with Crippen LogP contribution in [0, 0.1) is 0 Å². The summed E-state index contributed by atoms with van der Waals surface area (Å²) in [7, 11) is 7.87. The van der Waals surface area contributed by atoms with Gasteiger partial charge in [0.15, 0.2) is 0 Å². The zero-order chi connectivity index (χ0) is 21.5. The highest BCUT2D eigenvalue weighted by atomic mass is 16.5. The molecule has 1 aliphatic rings. The van der Waals surface area contributed by atoms with Gasteiger partial charge in [0.2, 0.25) is 0 Å². The molecule has 0 spiro atoms. The molecule has 2 aromatic carbocycles. The van der Waals surface area contributed by atoms with E-state index in [1.807, 2.05) is 50.5 Å². The molecule has 0 bridgehead atoms. The Kier molecular flexibility index (Phi) is 7.85. The molecule has 2 aromatic rings. The number of benzene rings is 2. The molecule has 1 heterocycles. The van der Waals surface area contributed by atoms with E-state index in [2.05, 4.69) is 39.2 Å². The minimum Gasteiger partial charge on any atom is -0.497 e. The van der Waals surface area contributed by atoms with Crippen molar-refractivity contribution < 1.29 is 9.53 Å². The molecule has 1 atom stereocenters. The second-order valence-electron chi connectivity index (χ2n) is 8.24. The maximum atomic E-state index is 12.7. The van der Waals surface area contributed by atoms with Crippen LogP contribution in [0.1, 0.15) is 27.5 Å². The highest BCUT2D eigenvalue weighted by Gasteiger charge is 2.17. The fourth-order valence-corrected chi connectivity index (χ4v) is 3.74. The summed E-state index contributed by atoms with van der Waals surface area (Å²) < 4.78 is 5.24. The van der Waals surface area contributed by atoms with Crippen molar-refractivity contribution in [2.75, 3.05) is 61.0 Å². The normalized spacial score (nSPS) is 16.4. The van der Waals surface area contributed by atoms with Crippen molar-refractivity contribution >= 4 is 5.91 Å². The van der Waals surface area contributed by atoms with E-state index in [-0.39, 0.29) is 11.9 Å². The number of nitrogens with zero attached hydrogens (tertiary/aromatic N) is 3. The Morgan fingerprint density at radius 2 is 1.67 bits per heavy atom. The van der Waals surface area contributed by atoms with Crippen LogP contribution in [-0.2, 0) is 6.54 Å². The SMILES string of the molecule is COc1ccc(C(CNC(=O)c2ccc(CN3CCN(C)CC3)cc2)N(C)C)cc1. The molecule has 1 N–H and O–H groups in total. The van der Waals surface area contributed by atoms with Gasteiger partial charge in [0.25, 0.3) is 5.91 Å². The molecule has 0 saturated carbocycles. The number of hydrogen-bond donors (Lipinski definition) is 1. The Morgan fingerprint density at radius 1 is 1.03 bits per heavy atom. The van der Waals surface area contributed by atoms with E-state index in [4.69, 9.17) is 4.74 Å². The van der Waals surface area contributed by atoms with Gasteiger partial charge in [-0.15, -0.1) is 0 Å². The molecular weight excluding hydrogens is 376 g/mol. The zero-order valence-electron chi connectivity index (χ0n) is 18.6. The lowest BCUT2D eigenvalue weighted by molar-refractivity contribution is 0.0942. The van der Waals surface area contributed by atoms with Crippen LogP contribution in [0.5, 0.6) is 5.75 Å². The molecule has 1 unspecified atom stereocenters. The van der Waals surface area contributed by atoms with Crippen molar-refractivity contribution in [1.29, 1.82) is 0 Å². The summed E-state index contributed by atoms with van der Waals surface area (Å²) in [5.41, 5.74) is 3.09. The first kappa shape index (κ1) is 22.3. The van der Waals surface area contributed by atoms with E-state index in [0.717, 1.165) is 44.0 Å². The van der Waals surface area contributed by atoms with E-state index >= 15 is 0 Å². The second-order valence-corrected chi connectivity index (χ2v) is 8.24. The number of rotatable bonds is 8. The molecule has 1 saturated heterocycles. The first-order valence-electron chi connectivity index (χ1n) is 10.5. The largest absolute Gasteiger partial charge is 0.497 e. The summed E-state index contributed by atoms with van der Waals surface area (Å²) in [4.78, 5) is 19.6. The van der Waals surface area contributed by atoms with Crippen molar-refractivity contribution in [3.8, 4) is 5.75 Å². The standard InChI is InChI=1S/C24H34N4O2/c1-26(2)23(20-9-11-22(30-4)12-10-20)17-25-24(29)21-7-5-19(6-8-21)18-28-15-13-27(3)14-16-28/h5-12,23H,13-18H2,1-4H3,(H,25,29). The molecule has 0 radical (unpaired) electrons. The topological polar surface area (TPSA) is 48.1 Å². The van der Waals surface area contributed by atoms with Gasteiger partial charge in [-0.2, -0.15) is 0 Å². The molecule has 3 rings (SSSR count). The Labute approximate surface area is 180 Å². The third-order valence-corrected chi connectivity index (χ3v) is 5.80. The van der Waals surface area contributed by atoms with Crippen LogP contribution >= 0.6 is 0 Å². The third-order valence-electron chi connectivity index (χ3n) is 5.80. The Hall–Kier alpha value is -2.41. The summed E-state index contributed by atoms with van der Waals surface area (Å²) in [6.07, 6.45) is 0. The van der Waals surface area contributed by atoms with E-state index < -0.39 is 0 Å². The summed E-state index contributed by atoms with van der Waals surface area (Å²) in [5, 5.41) is 3.09. The molecular formula is C24H34N4O2. The van der Waals surface area contributed by atoms with Crippen LogP contribution in [0.2, 0.25) is 0 Å². The van der Waals surface area contributed by atoms with E-state index in [1.165, 1.54) is 5.56 Å². The highest BCUT2D eigenvalue weighted by molar-refractivity contribution is 5.94. The minimum absolute atomic E-state index is 0.0403. The first-order valence-corrected chi connectivity index (χ1v) is 10.5. The Morgan fingerprint density at radius 3 is 2.23 bits per heavy atom. The summed E-state index contributed by atoms with van der Waals surface area (Å²) >= 11 is 0. The van der Waals surface area contributed by atoms with Gasteiger partial charge in [-0.3, -0.25) is 9.69 Å². The molecule has 1 aliphatic heterocycles. The molecule has 1 fully saturated rings. The predicted molar refractivity (Wildman–Crippen MR) is 121 cm³/mol. The number of carbonyl (C=O) groups excluding carboxylic acids is 1. The van der Waals surface area contributed by atoms with Gasteiger partial charge in [0.05, 0.1) is 13.2 Å². The number of carbonyl (C=O) groups is 1. The Bertz CT molecular complexity index is 797. The minimum atomic E-state index is -0.0403. The van der Waals surface area contributed by atoms with E-state index in [1.54, 1.807) is 7.11 Å². The average molecular weight is 411 g/mol. The van der Waals surface area contributed by atoms with Gasteiger partial charge in [-0.05, 0) is 56.5 Å². The van der Waals surface area contributed by atoms with Gasteiger partial charge in [-0.25, -0.2) is 0 Å². The van der Waals surface area contributed by atoms with E-state index in [0.29, 0.717) is 12.1 Å². The third kappa shape index (κ3) is 6.05. The number of methoxy groups -OCH3 is 1. The maximum Gasteiger partial charge on any atom is 0.251 e. The molecule has 162 valence electrons. The lowest BCUT2D eigenvalue weighted by atomic mass is 10.1. The van der Waals surface area contributed by atoms with Gasteiger partial charge in [0, 0.05) is 44.8 Å². The molecule has 1 amide bonds. The van der Waals surface area contributed by atoms with Crippen molar-refractivity contribution in [3.05, 3.63) is 65.2 Å². The number of likely N-dealkylation sites (N-methyl/N-ethyl adjacent to an activating group) is 2. The van der Waals surface area contributed by atoms with Crippen LogP contribution in [0.4, 0.5) is 0 Å². The molecule has 30 heavy (non-hydrogen) atoms.